The van der Waals surface area contributed by atoms with E-state index in [0.717, 1.165) is 71.6 Å². The number of aliphatic hydroxyl groups is 1. The van der Waals surface area contributed by atoms with E-state index in [1.54, 1.807) is 0 Å². The van der Waals surface area contributed by atoms with Crippen molar-refractivity contribution in [3.05, 3.63) is 0 Å². The van der Waals surface area contributed by atoms with Crippen LogP contribution in [0.5, 0.6) is 0 Å². The zero-order valence-corrected chi connectivity index (χ0v) is 10.1. The second kappa shape index (κ2) is 5.96. The molecule has 0 aliphatic carbocycles. The third kappa shape index (κ3) is 3.70. The van der Waals surface area contributed by atoms with Gasteiger partial charge in [0.2, 0.25) is 0 Å². The van der Waals surface area contributed by atoms with E-state index in [1.807, 2.05) is 0 Å². The molecular formula is C12H24N2O2. The zero-order valence-electron chi connectivity index (χ0n) is 10.1. The molecule has 94 valence electrons. The zero-order chi connectivity index (χ0) is 11.3. The van der Waals surface area contributed by atoms with Gasteiger partial charge in [-0.25, -0.2) is 0 Å². The summed E-state index contributed by atoms with van der Waals surface area (Å²) >= 11 is 0. The average molecular weight is 228 g/mol. The summed E-state index contributed by atoms with van der Waals surface area (Å²) in [5, 5.41) is 13.6. The lowest BCUT2D eigenvalue weighted by Gasteiger charge is -2.34. The third-order valence-electron chi connectivity index (χ3n) is 3.75. The highest BCUT2D eigenvalue weighted by molar-refractivity contribution is 4.84. The molecule has 0 saturated carbocycles. The Kier molecular flexibility index (Phi) is 4.58. The number of nitrogens with zero attached hydrogens (tertiary/aromatic N) is 1. The molecule has 2 heterocycles. The third-order valence-corrected chi connectivity index (χ3v) is 3.75. The molecule has 16 heavy (non-hydrogen) atoms. The quantitative estimate of drug-likeness (QED) is 0.722. The fourth-order valence-electron chi connectivity index (χ4n) is 2.60. The maximum absolute atomic E-state index is 10.3. The van der Waals surface area contributed by atoms with E-state index in [4.69, 9.17) is 4.74 Å². The van der Waals surface area contributed by atoms with Gasteiger partial charge in [-0.3, -0.25) is 4.90 Å². The molecule has 0 unspecified atom stereocenters. The van der Waals surface area contributed by atoms with Gasteiger partial charge in [0.25, 0.3) is 0 Å². The van der Waals surface area contributed by atoms with Crippen LogP contribution in [-0.4, -0.2) is 61.5 Å². The standard InChI is InChI=1S/C12H24N2O2/c15-12(3-5-13-6-4-12)2-1-7-14-8-10-16-11-9-14/h13,15H,1-11H2. The van der Waals surface area contributed by atoms with Gasteiger partial charge in [-0.1, -0.05) is 0 Å². The van der Waals surface area contributed by atoms with E-state index >= 15 is 0 Å². The number of rotatable bonds is 4. The highest BCUT2D eigenvalue weighted by atomic mass is 16.5. The minimum atomic E-state index is -0.391. The predicted molar refractivity (Wildman–Crippen MR) is 63.5 cm³/mol. The van der Waals surface area contributed by atoms with Gasteiger partial charge in [0, 0.05) is 13.1 Å². The minimum Gasteiger partial charge on any atom is -0.390 e. The Morgan fingerprint density at radius 1 is 1.19 bits per heavy atom. The van der Waals surface area contributed by atoms with E-state index in [1.165, 1.54) is 0 Å². The van der Waals surface area contributed by atoms with E-state index in [-0.39, 0.29) is 0 Å². The van der Waals surface area contributed by atoms with Crippen LogP contribution in [-0.2, 0) is 4.74 Å². The first-order valence-electron chi connectivity index (χ1n) is 6.52. The number of morpholine rings is 1. The van der Waals surface area contributed by atoms with Gasteiger partial charge in [0.15, 0.2) is 0 Å². The van der Waals surface area contributed by atoms with Crippen LogP contribution in [0.4, 0.5) is 0 Å². The Labute approximate surface area is 98.0 Å². The van der Waals surface area contributed by atoms with Crippen LogP contribution in [0.2, 0.25) is 0 Å². The summed E-state index contributed by atoms with van der Waals surface area (Å²) < 4.78 is 5.32. The second-order valence-electron chi connectivity index (χ2n) is 5.03. The van der Waals surface area contributed by atoms with Crippen molar-refractivity contribution in [2.24, 2.45) is 0 Å². The fourth-order valence-corrected chi connectivity index (χ4v) is 2.60. The molecule has 0 radical (unpaired) electrons. The molecule has 0 atom stereocenters. The lowest BCUT2D eigenvalue weighted by Crippen LogP contribution is -2.43. The Morgan fingerprint density at radius 3 is 2.56 bits per heavy atom. The van der Waals surface area contributed by atoms with Crippen LogP contribution in [0, 0.1) is 0 Å². The summed E-state index contributed by atoms with van der Waals surface area (Å²) in [6, 6.07) is 0. The number of hydrogen-bond acceptors (Lipinski definition) is 4. The Morgan fingerprint density at radius 2 is 1.88 bits per heavy atom. The van der Waals surface area contributed by atoms with Crippen molar-refractivity contribution in [2.45, 2.75) is 31.3 Å². The van der Waals surface area contributed by atoms with Crippen molar-refractivity contribution < 1.29 is 9.84 Å². The smallest absolute Gasteiger partial charge is 0.0672 e. The highest BCUT2D eigenvalue weighted by Gasteiger charge is 2.28. The van der Waals surface area contributed by atoms with Crippen LogP contribution >= 0.6 is 0 Å². The molecule has 2 fully saturated rings. The average Bonchev–Trinajstić information content (AvgIpc) is 2.31. The van der Waals surface area contributed by atoms with E-state index < -0.39 is 5.60 Å². The number of nitrogens with one attached hydrogen (secondary N) is 1. The molecular weight excluding hydrogens is 204 g/mol. The largest absolute Gasteiger partial charge is 0.390 e. The second-order valence-corrected chi connectivity index (χ2v) is 5.03. The van der Waals surface area contributed by atoms with Crippen LogP contribution < -0.4 is 5.32 Å². The molecule has 0 spiro atoms. The summed E-state index contributed by atoms with van der Waals surface area (Å²) in [5.41, 5.74) is -0.391. The van der Waals surface area contributed by atoms with Gasteiger partial charge in [-0.05, 0) is 45.3 Å². The molecule has 0 bridgehead atoms. The number of piperidine rings is 1. The molecule has 4 heteroatoms. The fraction of sp³-hybridized carbons (Fsp3) is 1.00. The van der Waals surface area contributed by atoms with Gasteiger partial charge >= 0.3 is 0 Å². The van der Waals surface area contributed by atoms with Gasteiger partial charge < -0.3 is 15.2 Å². The molecule has 2 rings (SSSR count). The molecule has 2 saturated heterocycles. The summed E-state index contributed by atoms with van der Waals surface area (Å²) in [4.78, 5) is 2.44. The maximum Gasteiger partial charge on any atom is 0.0672 e. The SMILES string of the molecule is OC1(CCCN2CCOCC2)CCNCC1. The molecule has 2 aliphatic rings. The summed E-state index contributed by atoms with van der Waals surface area (Å²) in [5.74, 6) is 0. The Hall–Kier alpha value is -0.160. The topological polar surface area (TPSA) is 44.7 Å². The minimum absolute atomic E-state index is 0.391. The summed E-state index contributed by atoms with van der Waals surface area (Å²) in [7, 11) is 0. The first kappa shape index (κ1) is 12.3. The number of hydrogen-bond donors (Lipinski definition) is 2. The normalized spacial score (nSPS) is 26.8. The summed E-state index contributed by atoms with van der Waals surface area (Å²) in [6.45, 7) is 6.89. The molecule has 0 aromatic heterocycles. The van der Waals surface area contributed by atoms with Crippen molar-refractivity contribution in [1.29, 1.82) is 0 Å². The lowest BCUT2D eigenvalue weighted by atomic mass is 9.88. The molecule has 0 aromatic rings. The predicted octanol–water partition coefficient (Wildman–Crippen LogP) is 0.213. The molecule has 0 aromatic carbocycles. The maximum atomic E-state index is 10.3. The van der Waals surface area contributed by atoms with Gasteiger partial charge in [0.05, 0.1) is 18.8 Å². The van der Waals surface area contributed by atoms with Crippen molar-refractivity contribution in [3.8, 4) is 0 Å². The lowest BCUT2D eigenvalue weighted by molar-refractivity contribution is -0.00618. The van der Waals surface area contributed by atoms with Gasteiger partial charge in [0.1, 0.15) is 0 Å². The van der Waals surface area contributed by atoms with Gasteiger partial charge in [-0.15, -0.1) is 0 Å². The number of ether oxygens (including phenoxy) is 1. The molecule has 4 nitrogen and oxygen atoms in total. The van der Waals surface area contributed by atoms with Crippen LogP contribution in [0.25, 0.3) is 0 Å². The van der Waals surface area contributed by atoms with Crippen LogP contribution in [0.15, 0.2) is 0 Å². The van der Waals surface area contributed by atoms with Crippen molar-refractivity contribution in [3.63, 3.8) is 0 Å². The Bertz CT molecular complexity index is 199. The molecule has 2 N–H and O–H groups in total. The van der Waals surface area contributed by atoms with E-state index in [9.17, 15) is 5.11 Å². The highest BCUT2D eigenvalue weighted by Crippen LogP contribution is 2.23. The first-order chi connectivity index (χ1) is 7.79. The first-order valence-corrected chi connectivity index (χ1v) is 6.52. The van der Waals surface area contributed by atoms with Crippen molar-refractivity contribution in [2.75, 3.05) is 45.9 Å². The molecule has 0 amide bonds. The van der Waals surface area contributed by atoms with Crippen LogP contribution in [0.1, 0.15) is 25.7 Å². The Balaban J connectivity index is 1.62. The monoisotopic (exact) mass is 228 g/mol. The van der Waals surface area contributed by atoms with Crippen molar-refractivity contribution >= 4 is 0 Å². The van der Waals surface area contributed by atoms with E-state index in [2.05, 4.69) is 10.2 Å². The van der Waals surface area contributed by atoms with Crippen LogP contribution in [0.3, 0.4) is 0 Å². The van der Waals surface area contributed by atoms with E-state index in [0.29, 0.717) is 0 Å². The molecule has 2 aliphatic heterocycles. The summed E-state index contributed by atoms with van der Waals surface area (Å²) in [6.07, 6.45) is 3.88. The van der Waals surface area contributed by atoms with Crippen molar-refractivity contribution in [1.82, 2.24) is 10.2 Å². The van der Waals surface area contributed by atoms with Gasteiger partial charge in [-0.2, -0.15) is 0 Å².